The van der Waals surface area contributed by atoms with Crippen LogP contribution in [0.4, 0.5) is 0 Å². The number of aliphatic hydroxyl groups excluding tert-OH is 1. The SMILES string of the molecule is CC(C)OCCOCC(O)CNC(C)c1ccco1. The Morgan fingerprint density at radius 2 is 2.11 bits per heavy atom. The molecule has 0 saturated heterocycles. The van der Waals surface area contributed by atoms with Crippen molar-refractivity contribution in [2.45, 2.75) is 39.0 Å². The van der Waals surface area contributed by atoms with E-state index in [2.05, 4.69) is 5.32 Å². The number of nitrogens with one attached hydrogen (secondary N) is 1. The van der Waals surface area contributed by atoms with Crippen LogP contribution < -0.4 is 5.32 Å². The van der Waals surface area contributed by atoms with Gasteiger partial charge in [-0.25, -0.2) is 0 Å². The molecule has 0 spiro atoms. The fraction of sp³-hybridized carbons (Fsp3) is 0.714. The van der Waals surface area contributed by atoms with Crippen molar-refractivity contribution >= 4 is 0 Å². The van der Waals surface area contributed by atoms with Gasteiger partial charge in [0, 0.05) is 6.54 Å². The molecule has 0 amide bonds. The van der Waals surface area contributed by atoms with Gasteiger partial charge < -0.3 is 24.3 Å². The summed E-state index contributed by atoms with van der Waals surface area (Å²) in [4.78, 5) is 0. The normalized spacial score (nSPS) is 14.8. The van der Waals surface area contributed by atoms with E-state index < -0.39 is 6.10 Å². The Bertz CT molecular complexity index is 313. The zero-order valence-electron chi connectivity index (χ0n) is 12.0. The zero-order chi connectivity index (χ0) is 14.1. The summed E-state index contributed by atoms with van der Waals surface area (Å²) in [6.45, 7) is 7.78. The topological polar surface area (TPSA) is 63.9 Å². The quantitative estimate of drug-likeness (QED) is 0.635. The Kier molecular flexibility index (Phi) is 7.74. The summed E-state index contributed by atoms with van der Waals surface area (Å²) in [5.41, 5.74) is 0. The van der Waals surface area contributed by atoms with Gasteiger partial charge in [-0.15, -0.1) is 0 Å². The molecule has 0 bridgehead atoms. The summed E-state index contributed by atoms with van der Waals surface area (Å²) in [5, 5.41) is 12.9. The molecule has 2 N–H and O–H groups in total. The molecule has 2 unspecified atom stereocenters. The summed E-state index contributed by atoms with van der Waals surface area (Å²) in [5.74, 6) is 0.860. The van der Waals surface area contributed by atoms with Crippen LogP contribution in [0, 0.1) is 0 Å². The second-order valence-corrected chi connectivity index (χ2v) is 4.79. The average molecular weight is 271 g/mol. The van der Waals surface area contributed by atoms with Crippen molar-refractivity contribution in [2.24, 2.45) is 0 Å². The molecule has 1 heterocycles. The molecular formula is C14H25NO4. The fourth-order valence-corrected chi connectivity index (χ4v) is 1.57. The van der Waals surface area contributed by atoms with Crippen LogP contribution in [0.15, 0.2) is 22.8 Å². The first-order valence-electron chi connectivity index (χ1n) is 6.73. The maximum atomic E-state index is 9.75. The first-order valence-corrected chi connectivity index (χ1v) is 6.73. The second kappa shape index (κ2) is 9.09. The van der Waals surface area contributed by atoms with E-state index in [-0.39, 0.29) is 12.1 Å². The number of ether oxygens (including phenoxy) is 2. The molecule has 0 radical (unpaired) electrons. The van der Waals surface area contributed by atoms with Gasteiger partial charge in [0.15, 0.2) is 0 Å². The predicted molar refractivity (Wildman–Crippen MR) is 73.0 cm³/mol. The van der Waals surface area contributed by atoms with Crippen LogP contribution in [0.1, 0.15) is 32.6 Å². The van der Waals surface area contributed by atoms with Crippen LogP contribution in [0.5, 0.6) is 0 Å². The summed E-state index contributed by atoms with van der Waals surface area (Å²) in [6, 6.07) is 3.83. The van der Waals surface area contributed by atoms with E-state index in [0.717, 1.165) is 5.76 Å². The Labute approximate surface area is 114 Å². The molecule has 1 rings (SSSR count). The molecule has 0 aliphatic carbocycles. The highest BCUT2D eigenvalue weighted by molar-refractivity contribution is 5.02. The smallest absolute Gasteiger partial charge is 0.120 e. The van der Waals surface area contributed by atoms with Crippen molar-refractivity contribution in [2.75, 3.05) is 26.4 Å². The molecule has 2 atom stereocenters. The Balaban J connectivity index is 2.03. The molecule has 1 aromatic heterocycles. The van der Waals surface area contributed by atoms with E-state index in [1.54, 1.807) is 6.26 Å². The van der Waals surface area contributed by atoms with Crippen LogP contribution in [-0.2, 0) is 9.47 Å². The number of hydrogen-bond acceptors (Lipinski definition) is 5. The summed E-state index contributed by atoms with van der Waals surface area (Å²) in [7, 11) is 0. The molecule has 19 heavy (non-hydrogen) atoms. The van der Waals surface area contributed by atoms with Crippen molar-refractivity contribution in [1.82, 2.24) is 5.32 Å². The van der Waals surface area contributed by atoms with Crippen molar-refractivity contribution in [1.29, 1.82) is 0 Å². The second-order valence-electron chi connectivity index (χ2n) is 4.79. The Morgan fingerprint density at radius 3 is 2.74 bits per heavy atom. The fourth-order valence-electron chi connectivity index (χ4n) is 1.57. The maximum Gasteiger partial charge on any atom is 0.120 e. The number of hydrogen-bond donors (Lipinski definition) is 2. The lowest BCUT2D eigenvalue weighted by Crippen LogP contribution is -2.32. The largest absolute Gasteiger partial charge is 0.468 e. The highest BCUT2D eigenvalue weighted by atomic mass is 16.5. The van der Waals surface area contributed by atoms with E-state index in [1.807, 2.05) is 32.9 Å². The van der Waals surface area contributed by atoms with Gasteiger partial charge >= 0.3 is 0 Å². The molecule has 0 aromatic carbocycles. The van der Waals surface area contributed by atoms with Crippen LogP contribution in [0.3, 0.4) is 0 Å². The number of aliphatic hydroxyl groups is 1. The van der Waals surface area contributed by atoms with Crippen molar-refractivity contribution in [3.63, 3.8) is 0 Å². The molecule has 110 valence electrons. The third kappa shape index (κ3) is 7.32. The van der Waals surface area contributed by atoms with Crippen molar-refractivity contribution in [3.8, 4) is 0 Å². The van der Waals surface area contributed by atoms with Crippen LogP contribution in [0.25, 0.3) is 0 Å². The van der Waals surface area contributed by atoms with Crippen LogP contribution in [0.2, 0.25) is 0 Å². The molecule has 5 heteroatoms. The number of rotatable bonds is 10. The third-order valence-corrected chi connectivity index (χ3v) is 2.62. The third-order valence-electron chi connectivity index (χ3n) is 2.62. The van der Waals surface area contributed by atoms with E-state index in [4.69, 9.17) is 13.9 Å². The van der Waals surface area contributed by atoms with Gasteiger partial charge in [-0.05, 0) is 32.9 Å². The van der Waals surface area contributed by atoms with Gasteiger partial charge in [-0.1, -0.05) is 0 Å². The van der Waals surface area contributed by atoms with E-state index in [9.17, 15) is 5.11 Å². The van der Waals surface area contributed by atoms with Gasteiger partial charge in [-0.2, -0.15) is 0 Å². The van der Waals surface area contributed by atoms with Crippen molar-refractivity contribution < 1.29 is 19.0 Å². The van der Waals surface area contributed by atoms with Crippen molar-refractivity contribution in [3.05, 3.63) is 24.2 Å². The Hall–Kier alpha value is -0.880. The standard InChI is InChI=1S/C14H25NO4/c1-11(2)18-8-7-17-10-13(16)9-15-12(3)14-5-4-6-19-14/h4-6,11-13,15-16H,7-10H2,1-3H3. The first kappa shape index (κ1) is 16.2. The predicted octanol–water partition coefficient (Wildman–Crippen LogP) is 1.73. The molecule has 5 nitrogen and oxygen atoms in total. The van der Waals surface area contributed by atoms with Crippen LogP contribution in [-0.4, -0.2) is 43.7 Å². The van der Waals surface area contributed by atoms with Gasteiger partial charge in [0.05, 0.1) is 44.3 Å². The maximum absolute atomic E-state index is 9.75. The summed E-state index contributed by atoms with van der Waals surface area (Å²) >= 11 is 0. The minimum absolute atomic E-state index is 0.0777. The minimum Gasteiger partial charge on any atom is -0.468 e. The summed E-state index contributed by atoms with van der Waals surface area (Å²) in [6.07, 6.45) is 1.32. The van der Waals surface area contributed by atoms with Crippen LogP contribution >= 0.6 is 0 Å². The highest BCUT2D eigenvalue weighted by Crippen LogP contribution is 2.11. The highest BCUT2D eigenvalue weighted by Gasteiger charge is 2.10. The lowest BCUT2D eigenvalue weighted by molar-refractivity contribution is -0.0105. The molecule has 0 fully saturated rings. The molecule has 0 saturated carbocycles. The lowest BCUT2D eigenvalue weighted by Gasteiger charge is -2.16. The summed E-state index contributed by atoms with van der Waals surface area (Å²) < 4.78 is 15.9. The lowest BCUT2D eigenvalue weighted by atomic mass is 10.2. The van der Waals surface area contributed by atoms with E-state index in [0.29, 0.717) is 26.4 Å². The Morgan fingerprint density at radius 1 is 1.32 bits per heavy atom. The van der Waals surface area contributed by atoms with Gasteiger partial charge in [0.2, 0.25) is 0 Å². The molecule has 0 aliphatic rings. The number of furan rings is 1. The first-order chi connectivity index (χ1) is 9.09. The molecular weight excluding hydrogens is 246 g/mol. The van der Waals surface area contributed by atoms with E-state index >= 15 is 0 Å². The molecule has 0 aliphatic heterocycles. The van der Waals surface area contributed by atoms with Gasteiger partial charge in [0.25, 0.3) is 0 Å². The zero-order valence-corrected chi connectivity index (χ0v) is 12.0. The molecule has 1 aromatic rings. The average Bonchev–Trinajstić information content (AvgIpc) is 2.89. The van der Waals surface area contributed by atoms with Gasteiger partial charge in [-0.3, -0.25) is 0 Å². The minimum atomic E-state index is -0.531. The van der Waals surface area contributed by atoms with Gasteiger partial charge in [0.1, 0.15) is 5.76 Å². The van der Waals surface area contributed by atoms with E-state index in [1.165, 1.54) is 0 Å². The monoisotopic (exact) mass is 271 g/mol.